The van der Waals surface area contributed by atoms with Crippen molar-refractivity contribution < 1.29 is 13.7 Å². The van der Waals surface area contributed by atoms with Crippen LogP contribution in [0.15, 0.2) is 47.2 Å². The van der Waals surface area contributed by atoms with Gasteiger partial charge in [0, 0.05) is 43.6 Å². The van der Waals surface area contributed by atoms with Crippen molar-refractivity contribution in [3.8, 4) is 0 Å². The molecule has 0 spiro atoms. The molecule has 8 heteroatoms. The Balaban J connectivity index is 1.32. The summed E-state index contributed by atoms with van der Waals surface area (Å²) >= 11 is 0. The van der Waals surface area contributed by atoms with Gasteiger partial charge in [-0.3, -0.25) is 14.4 Å². The number of aryl methyl sites for hydroxylation is 1. The highest BCUT2D eigenvalue weighted by atomic mass is 19.1. The van der Waals surface area contributed by atoms with Crippen LogP contribution in [0.3, 0.4) is 0 Å². The van der Waals surface area contributed by atoms with Gasteiger partial charge in [0.2, 0.25) is 0 Å². The Morgan fingerprint density at radius 3 is 2.83 bits per heavy atom. The molecule has 7 nitrogen and oxygen atoms in total. The van der Waals surface area contributed by atoms with Crippen LogP contribution in [0.2, 0.25) is 0 Å². The molecule has 3 aromatic rings. The normalized spacial score (nSPS) is 15.5. The van der Waals surface area contributed by atoms with E-state index in [9.17, 15) is 9.18 Å². The van der Waals surface area contributed by atoms with Crippen LogP contribution in [0.1, 0.15) is 40.2 Å². The third-order valence-corrected chi connectivity index (χ3v) is 5.30. The molecule has 0 radical (unpaired) electrons. The number of benzene rings is 1. The molecule has 1 saturated heterocycles. The molecule has 2 aromatic heterocycles. The Kier molecular flexibility index (Phi) is 5.71. The van der Waals surface area contributed by atoms with Crippen LogP contribution in [0, 0.1) is 12.7 Å². The van der Waals surface area contributed by atoms with E-state index in [0.29, 0.717) is 18.0 Å². The monoisotopic (exact) mass is 397 g/mol. The largest absolute Gasteiger partial charge is 0.361 e. The van der Waals surface area contributed by atoms with Gasteiger partial charge >= 0.3 is 0 Å². The van der Waals surface area contributed by atoms with Crippen molar-refractivity contribution in [2.24, 2.45) is 0 Å². The maximum atomic E-state index is 13.4. The number of amides is 1. The SMILES string of the molecule is Cc1onc(C(=O)NC2CCN(Cc3cccc(F)c3)CC2)c1Cn1cccn1. The van der Waals surface area contributed by atoms with E-state index >= 15 is 0 Å². The molecule has 1 amide bonds. The molecule has 0 unspecified atom stereocenters. The third-order valence-electron chi connectivity index (χ3n) is 5.30. The van der Waals surface area contributed by atoms with E-state index in [0.717, 1.165) is 43.6 Å². The van der Waals surface area contributed by atoms with E-state index in [1.807, 2.05) is 18.3 Å². The summed E-state index contributed by atoms with van der Waals surface area (Å²) in [5, 5.41) is 11.2. The number of rotatable bonds is 6. The van der Waals surface area contributed by atoms with Crippen LogP contribution in [0.25, 0.3) is 0 Å². The maximum Gasteiger partial charge on any atom is 0.274 e. The minimum atomic E-state index is -0.215. The summed E-state index contributed by atoms with van der Waals surface area (Å²) in [6.45, 7) is 4.65. The van der Waals surface area contributed by atoms with Crippen molar-refractivity contribution in [1.82, 2.24) is 25.2 Å². The number of nitrogens with one attached hydrogen (secondary N) is 1. The lowest BCUT2D eigenvalue weighted by atomic mass is 10.0. The van der Waals surface area contributed by atoms with Gasteiger partial charge in [0.15, 0.2) is 5.69 Å². The second-order valence-corrected chi connectivity index (χ2v) is 7.42. The molecule has 1 aliphatic heterocycles. The minimum Gasteiger partial charge on any atom is -0.361 e. The average molecular weight is 397 g/mol. The predicted octanol–water partition coefficient (Wildman–Crippen LogP) is 2.76. The number of carbonyl (C=O) groups is 1. The molecule has 4 rings (SSSR count). The number of hydrogen-bond acceptors (Lipinski definition) is 5. The highest BCUT2D eigenvalue weighted by Crippen LogP contribution is 2.18. The molecule has 1 aliphatic rings. The van der Waals surface area contributed by atoms with Crippen LogP contribution < -0.4 is 5.32 Å². The number of aromatic nitrogens is 3. The van der Waals surface area contributed by atoms with Crippen molar-refractivity contribution >= 4 is 5.91 Å². The lowest BCUT2D eigenvalue weighted by Gasteiger charge is -2.32. The fourth-order valence-corrected chi connectivity index (χ4v) is 3.69. The van der Waals surface area contributed by atoms with Gasteiger partial charge in [-0.05, 0) is 43.5 Å². The van der Waals surface area contributed by atoms with Gasteiger partial charge in [0.25, 0.3) is 5.91 Å². The summed E-state index contributed by atoms with van der Waals surface area (Å²) in [5.41, 5.74) is 2.03. The first-order chi connectivity index (χ1) is 14.1. The van der Waals surface area contributed by atoms with Crippen LogP contribution in [0.5, 0.6) is 0 Å². The first-order valence-corrected chi connectivity index (χ1v) is 9.79. The molecule has 0 bridgehead atoms. The molecular weight excluding hydrogens is 373 g/mol. The van der Waals surface area contributed by atoms with Gasteiger partial charge < -0.3 is 9.84 Å². The zero-order chi connectivity index (χ0) is 20.2. The van der Waals surface area contributed by atoms with Gasteiger partial charge in [0.1, 0.15) is 11.6 Å². The number of hydrogen-bond donors (Lipinski definition) is 1. The average Bonchev–Trinajstić information content (AvgIpc) is 3.34. The van der Waals surface area contributed by atoms with E-state index < -0.39 is 0 Å². The lowest BCUT2D eigenvalue weighted by Crippen LogP contribution is -2.44. The molecule has 1 aromatic carbocycles. The summed E-state index contributed by atoms with van der Waals surface area (Å²) in [4.78, 5) is 15.0. The van der Waals surface area contributed by atoms with Gasteiger partial charge in [-0.25, -0.2) is 4.39 Å². The first-order valence-electron chi connectivity index (χ1n) is 9.79. The van der Waals surface area contributed by atoms with E-state index in [-0.39, 0.29) is 17.8 Å². The van der Waals surface area contributed by atoms with E-state index in [1.165, 1.54) is 6.07 Å². The first kappa shape index (κ1) is 19.3. The Morgan fingerprint density at radius 1 is 1.28 bits per heavy atom. The number of piperidine rings is 1. The summed E-state index contributed by atoms with van der Waals surface area (Å²) in [7, 11) is 0. The topological polar surface area (TPSA) is 76.2 Å². The van der Waals surface area contributed by atoms with Crippen molar-refractivity contribution in [2.45, 2.75) is 38.9 Å². The molecule has 0 saturated carbocycles. The molecule has 3 heterocycles. The quantitative estimate of drug-likeness (QED) is 0.692. The Morgan fingerprint density at radius 2 is 2.10 bits per heavy atom. The van der Waals surface area contributed by atoms with Crippen molar-refractivity contribution in [2.75, 3.05) is 13.1 Å². The molecule has 29 heavy (non-hydrogen) atoms. The summed E-state index contributed by atoms with van der Waals surface area (Å²) in [6.07, 6.45) is 5.21. The minimum absolute atomic E-state index is 0.0841. The second-order valence-electron chi connectivity index (χ2n) is 7.42. The molecule has 152 valence electrons. The summed E-state index contributed by atoms with van der Waals surface area (Å²) in [5.74, 6) is 0.196. The Bertz CT molecular complexity index is 961. The van der Waals surface area contributed by atoms with Crippen LogP contribution in [-0.4, -0.2) is 44.9 Å². The van der Waals surface area contributed by atoms with E-state index in [4.69, 9.17) is 4.52 Å². The van der Waals surface area contributed by atoms with Crippen molar-refractivity contribution in [3.63, 3.8) is 0 Å². The fraction of sp³-hybridized carbons (Fsp3) is 0.381. The summed E-state index contributed by atoms with van der Waals surface area (Å²) < 4.78 is 20.4. The number of nitrogens with zero attached hydrogens (tertiary/aromatic N) is 4. The predicted molar refractivity (Wildman–Crippen MR) is 105 cm³/mol. The number of carbonyl (C=O) groups excluding carboxylic acids is 1. The maximum absolute atomic E-state index is 13.4. The number of likely N-dealkylation sites (tertiary alicyclic amines) is 1. The van der Waals surface area contributed by atoms with Crippen molar-refractivity contribution in [1.29, 1.82) is 0 Å². The fourth-order valence-electron chi connectivity index (χ4n) is 3.69. The third kappa shape index (κ3) is 4.71. The number of halogens is 1. The Labute approximate surface area is 168 Å². The van der Waals surface area contributed by atoms with E-state index in [2.05, 4.69) is 20.5 Å². The van der Waals surface area contributed by atoms with Crippen LogP contribution >= 0.6 is 0 Å². The highest BCUT2D eigenvalue weighted by Gasteiger charge is 2.25. The highest BCUT2D eigenvalue weighted by molar-refractivity contribution is 5.94. The molecule has 1 fully saturated rings. The molecule has 0 aliphatic carbocycles. The second kappa shape index (κ2) is 8.57. The smallest absolute Gasteiger partial charge is 0.274 e. The molecule has 0 atom stereocenters. The van der Waals surface area contributed by atoms with Crippen LogP contribution in [0.4, 0.5) is 4.39 Å². The van der Waals surface area contributed by atoms with Gasteiger partial charge in [-0.1, -0.05) is 17.3 Å². The summed E-state index contributed by atoms with van der Waals surface area (Å²) in [6, 6.07) is 8.61. The zero-order valence-electron chi connectivity index (χ0n) is 16.3. The van der Waals surface area contributed by atoms with Crippen LogP contribution in [-0.2, 0) is 13.1 Å². The lowest BCUT2D eigenvalue weighted by molar-refractivity contribution is 0.0899. The molecular formula is C21H24FN5O2. The molecule has 1 N–H and O–H groups in total. The standard InChI is InChI=1S/C21H24FN5O2/c1-15-19(14-27-9-3-8-23-27)20(25-29-15)21(28)24-18-6-10-26(11-7-18)13-16-4-2-5-17(22)12-16/h2-5,8-9,12,18H,6-7,10-11,13-14H2,1H3,(H,24,28). The van der Waals surface area contributed by atoms with Gasteiger partial charge in [0.05, 0.1) is 6.54 Å². The van der Waals surface area contributed by atoms with E-state index in [1.54, 1.807) is 29.9 Å². The van der Waals surface area contributed by atoms with Gasteiger partial charge in [-0.15, -0.1) is 0 Å². The van der Waals surface area contributed by atoms with Crippen molar-refractivity contribution in [3.05, 3.63) is 71.1 Å². The van der Waals surface area contributed by atoms with Gasteiger partial charge in [-0.2, -0.15) is 5.10 Å². The zero-order valence-corrected chi connectivity index (χ0v) is 16.3. The Hall–Kier alpha value is -3.00.